The lowest BCUT2D eigenvalue weighted by molar-refractivity contribution is -0.163. The van der Waals surface area contributed by atoms with Gasteiger partial charge in [-0.2, -0.15) is 0 Å². The highest BCUT2D eigenvalue weighted by molar-refractivity contribution is 5.80. The Labute approximate surface area is 96.0 Å². The summed E-state index contributed by atoms with van der Waals surface area (Å²) in [5.74, 6) is 0.871. The highest BCUT2D eigenvalue weighted by Gasteiger charge is 2.53. The van der Waals surface area contributed by atoms with Gasteiger partial charge in [0.15, 0.2) is 0 Å². The molecule has 1 amide bonds. The van der Waals surface area contributed by atoms with Crippen molar-refractivity contribution < 1.29 is 9.90 Å². The van der Waals surface area contributed by atoms with Crippen LogP contribution in [0.1, 0.15) is 25.7 Å². The fourth-order valence-electron chi connectivity index (χ4n) is 2.97. The van der Waals surface area contributed by atoms with Crippen LogP contribution < -0.4 is 5.32 Å². The lowest BCUT2D eigenvalue weighted by Crippen LogP contribution is -2.66. The Balaban J connectivity index is 1.53. The molecule has 90 valence electrons. The summed E-state index contributed by atoms with van der Waals surface area (Å²) in [5.41, 5.74) is -0.530. The fourth-order valence-corrected chi connectivity index (χ4v) is 2.97. The Morgan fingerprint density at radius 1 is 1.31 bits per heavy atom. The topological polar surface area (TPSA) is 52.6 Å². The van der Waals surface area contributed by atoms with Crippen LogP contribution in [-0.2, 0) is 4.79 Å². The summed E-state index contributed by atoms with van der Waals surface area (Å²) in [7, 11) is 0. The molecule has 3 fully saturated rings. The van der Waals surface area contributed by atoms with Gasteiger partial charge in [0.25, 0.3) is 0 Å². The minimum Gasteiger partial charge on any atom is -0.386 e. The molecular formula is C12H20N2O2. The van der Waals surface area contributed by atoms with Crippen LogP contribution in [-0.4, -0.2) is 47.7 Å². The molecule has 2 heterocycles. The van der Waals surface area contributed by atoms with Crippen LogP contribution in [0.2, 0.25) is 0 Å². The molecular weight excluding hydrogens is 204 g/mol. The maximum absolute atomic E-state index is 12.1. The number of β-amino-alcohol motifs (C(OH)–C–C–N with tert-alkyl or cyclic N) is 1. The molecule has 0 radical (unpaired) electrons. The number of rotatable bonds is 2. The van der Waals surface area contributed by atoms with E-state index in [1.807, 2.05) is 4.90 Å². The third kappa shape index (κ3) is 1.74. The molecule has 16 heavy (non-hydrogen) atoms. The van der Waals surface area contributed by atoms with Crippen LogP contribution >= 0.6 is 0 Å². The predicted octanol–water partition coefficient (Wildman–Crippen LogP) is -0.0307. The van der Waals surface area contributed by atoms with Crippen LogP contribution in [0.3, 0.4) is 0 Å². The summed E-state index contributed by atoms with van der Waals surface area (Å²) in [6, 6.07) is 0. The lowest BCUT2D eigenvalue weighted by Gasteiger charge is -2.48. The molecule has 1 unspecified atom stereocenters. The van der Waals surface area contributed by atoms with Gasteiger partial charge < -0.3 is 15.3 Å². The molecule has 2 aliphatic heterocycles. The van der Waals surface area contributed by atoms with E-state index in [-0.39, 0.29) is 11.8 Å². The van der Waals surface area contributed by atoms with Gasteiger partial charge >= 0.3 is 0 Å². The molecule has 4 heteroatoms. The fraction of sp³-hybridized carbons (Fsp3) is 0.917. The van der Waals surface area contributed by atoms with E-state index in [0.29, 0.717) is 19.0 Å². The van der Waals surface area contributed by atoms with Crippen LogP contribution in [0.5, 0.6) is 0 Å². The van der Waals surface area contributed by atoms with E-state index in [0.717, 1.165) is 38.8 Å². The standard InChI is InChI=1S/C12H20N2O2/c15-11(9-2-1-5-13-6-9)14-7-12(16,8-14)10-3-4-10/h9-10,13,16H,1-8H2. The molecule has 0 bridgehead atoms. The summed E-state index contributed by atoms with van der Waals surface area (Å²) in [4.78, 5) is 13.9. The first-order valence-corrected chi connectivity index (χ1v) is 6.41. The molecule has 3 aliphatic rings. The molecule has 4 nitrogen and oxygen atoms in total. The average Bonchev–Trinajstić information content (AvgIpc) is 3.09. The van der Waals surface area contributed by atoms with Crippen molar-refractivity contribution in [3.8, 4) is 0 Å². The summed E-state index contributed by atoms with van der Waals surface area (Å²) in [5, 5.41) is 13.4. The van der Waals surface area contributed by atoms with E-state index >= 15 is 0 Å². The van der Waals surface area contributed by atoms with E-state index in [2.05, 4.69) is 5.32 Å². The van der Waals surface area contributed by atoms with E-state index < -0.39 is 5.60 Å². The minimum atomic E-state index is -0.530. The maximum atomic E-state index is 12.1. The Hall–Kier alpha value is -0.610. The van der Waals surface area contributed by atoms with Crippen molar-refractivity contribution >= 4 is 5.91 Å². The van der Waals surface area contributed by atoms with Crippen LogP contribution in [0.25, 0.3) is 0 Å². The number of piperidine rings is 1. The van der Waals surface area contributed by atoms with E-state index in [1.165, 1.54) is 0 Å². The number of nitrogens with one attached hydrogen (secondary N) is 1. The summed E-state index contributed by atoms with van der Waals surface area (Å²) < 4.78 is 0. The van der Waals surface area contributed by atoms with Gasteiger partial charge in [-0.25, -0.2) is 0 Å². The predicted molar refractivity (Wildman–Crippen MR) is 59.8 cm³/mol. The normalized spacial score (nSPS) is 33.3. The van der Waals surface area contributed by atoms with Gasteiger partial charge in [0.1, 0.15) is 5.60 Å². The molecule has 0 spiro atoms. The van der Waals surface area contributed by atoms with Gasteiger partial charge in [-0.15, -0.1) is 0 Å². The zero-order chi connectivity index (χ0) is 11.2. The van der Waals surface area contributed by atoms with Crippen molar-refractivity contribution in [1.29, 1.82) is 0 Å². The number of carbonyl (C=O) groups is 1. The monoisotopic (exact) mass is 224 g/mol. The molecule has 1 atom stereocenters. The van der Waals surface area contributed by atoms with Crippen molar-refractivity contribution in [2.24, 2.45) is 11.8 Å². The molecule has 1 saturated carbocycles. The van der Waals surface area contributed by atoms with Crippen molar-refractivity contribution in [1.82, 2.24) is 10.2 Å². The number of hydrogen-bond donors (Lipinski definition) is 2. The maximum Gasteiger partial charge on any atom is 0.227 e. The number of nitrogens with zero attached hydrogens (tertiary/aromatic N) is 1. The van der Waals surface area contributed by atoms with Gasteiger partial charge in [0.05, 0.1) is 19.0 Å². The van der Waals surface area contributed by atoms with E-state index in [1.54, 1.807) is 0 Å². The minimum absolute atomic E-state index is 0.150. The zero-order valence-electron chi connectivity index (χ0n) is 9.61. The van der Waals surface area contributed by atoms with Gasteiger partial charge in [0.2, 0.25) is 5.91 Å². The molecule has 1 aliphatic carbocycles. The van der Waals surface area contributed by atoms with Gasteiger partial charge in [-0.3, -0.25) is 4.79 Å². The largest absolute Gasteiger partial charge is 0.386 e. The van der Waals surface area contributed by atoms with E-state index in [4.69, 9.17) is 0 Å². The molecule has 2 saturated heterocycles. The van der Waals surface area contributed by atoms with Crippen molar-refractivity contribution in [2.45, 2.75) is 31.3 Å². The van der Waals surface area contributed by atoms with Crippen molar-refractivity contribution in [3.05, 3.63) is 0 Å². The second kappa shape index (κ2) is 3.70. The summed E-state index contributed by atoms with van der Waals surface area (Å²) in [6.45, 7) is 3.01. The first-order chi connectivity index (χ1) is 7.69. The van der Waals surface area contributed by atoms with E-state index in [9.17, 15) is 9.90 Å². The summed E-state index contributed by atoms with van der Waals surface area (Å²) in [6.07, 6.45) is 4.38. The molecule has 0 aromatic rings. The summed E-state index contributed by atoms with van der Waals surface area (Å²) >= 11 is 0. The van der Waals surface area contributed by atoms with Crippen LogP contribution in [0.15, 0.2) is 0 Å². The van der Waals surface area contributed by atoms with Gasteiger partial charge in [-0.1, -0.05) is 0 Å². The van der Waals surface area contributed by atoms with Crippen LogP contribution in [0.4, 0.5) is 0 Å². The second-order valence-corrected chi connectivity index (χ2v) is 5.62. The first-order valence-electron chi connectivity index (χ1n) is 6.41. The Kier molecular flexibility index (Phi) is 2.44. The van der Waals surface area contributed by atoms with Gasteiger partial charge in [-0.05, 0) is 38.1 Å². The third-order valence-electron chi connectivity index (χ3n) is 4.22. The number of likely N-dealkylation sites (tertiary alicyclic amines) is 1. The highest BCUT2D eigenvalue weighted by Crippen LogP contribution is 2.44. The Bertz CT molecular complexity index is 289. The molecule has 0 aromatic heterocycles. The van der Waals surface area contributed by atoms with Crippen LogP contribution in [0, 0.1) is 11.8 Å². The zero-order valence-corrected chi connectivity index (χ0v) is 9.61. The van der Waals surface area contributed by atoms with Crippen molar-refractivity contribution in [3.63, 3.8) is 0 Å². The first kappa shape index (κ1) is 10.5. The second-order valence-electron chi connectivity index (χ2n) is 5.62. The molecule has 0 aromatic carbocycles. The highest BCUT2D eigenvalue weighted by atomic mass is 16.3. The Morgan fingerprint density at radius 3 is 2.62 bits per heavy atom. The number of carbonyl (C=O) groups excluding carboxylic acids is 1. The van der Waals surface area contributed by atoms with Crippen molar-refractivity contribution in [2.75, 3.05) is 26.2 Å². The quantitative estimate of drug-likeness (QED) is 0.692. The third-order valence-corrected chi connectivity index (χ3v) is 4.22. The number of hydrogen-bond acceptors (Lipinski definition) is 3. The molecule has 2 N–H and O–H groups in total. The SMILES string of the molecule is O=C(C1CCCNC1)N1CC(O)(C2CC2)C1. The lowest BCUT2D eigenvalue weighted by atomic mass is 9.86. The van der Waals surface area contributed by atoms with Gasteiger partial charge in [0, 0.05) is 6.54 Å². The smallest absolute Gasteiger partial charge is 0.227 e. The number of amides is 1. The average molecular weight is 224 g/mol. The molecule has 3 rings (SSSR count). The number of aliphatic hydroxyl groups is 1. The Morgan fingerprint density at radius 2 is 2.06 bits per heavy atom.